The number of rotatable bonds is 5. The number of para-hydroxylation sites is 1. The summed E-state index contributed by atoms with van der Waals surface area (Å²) in [6.45, 7) is 4.31. The SMILES string of the molecule is CNc1cc(-c2cn(C(C)C)c3ccccc23)nc2c(C(=O)N[C@@H]3CC[C@H]3O)cnn12. The number of anilines is 1. The molecule has 3 N–H and O–H groups in total. The Kier molecular flexibility index (Phi) is 4.66. The highest BCUT2D eigenvalue weighted by Crippen LogP contribution is 2.33. The summed E-state index contributed by atoms with van der Waals surface area (Å²) in [7, 11) is 1.82. The molecule has 0 saturated heterocycles. The molecular formula is C23H26N6O2. The maximum absolute atomic E-state index is 12.9. The van der Waals surface area contributed by atoms with Gasteiger partial charge in [-0.15, -0.1) is 0 Å². The van der Waals surface area contributed by atoms with Crippen LogP contribution in [0.2, 0.25) is 0 Å². The first-order valence-electron chi connectivity index (χ1n) is 10.6. The maximum atomic E-state index is 12.9. The van der Waals surface area contributed by atoms with Gasteiger partial charge >= 0.3 is 0 Å². The monoisotopic (exact) mass is 418 g/mol. The van der Waals surface area contributed by atoms with Gasteiger partial charge in [0.1, 0.15) is 11.4 Å². The first-order chi connectivity index (χ1) is 15.0. The number of nitrogens with zero attached hydrogens (tertiary/aromatic N) is 4. The molecule has 4 aromatic rings. The van der Waals surface area contributed by atoms with E-state index in [0.29, 0.717) is 23.7 Å². The van der Waals surface area contributed by atoms with E-state index in [-0.39, 0.29) is 11.9 Å². The lowest BCUT2D eigenvalue weighted by Gasteiger charge is -2.32. The van der Waals surface area contributed by atoms with Crippen molar-refractivity contribution < 1.29 is 9.90 Å². The molecule has 0 unspecified atom stereocenters. The second-order valence-electron chi connectivity index (χ2n) is 8.36. The second kappa shape index (κ2) is 7.39. The van der Waals surface area contributed by atoms with Crippen LogP contribution in [-0.2, 0) is 0 Å². The van der Waals surface area contributed by atoms with Gasteiger partial charge < -0.3 is 20.3 Å². The second-order valence-corrected chi connectivity index (χ2v) is 8.36. The van der Waals surface area contributed by atoms with Crippen molar-refractivity contribution in [3.8, 4) is 11.3 Å². The summed E-state index contributed by atoms with van der Waals surface area (Å²) < 4.78 is 3.87. The van der Waals surface area contributed by atoms with E-state index in [1.807, 2.05) is 25.2 Å². The summed E-state index contributed by atoms with van der Waals surface area (Å²) in [5, 5.41) is 21.4. The predicted octanol–water partition coefficient (Wildman–Crippen LogP) is 3.23. The van der Waals surface area contributed by atoms with Gasteiger partial charge in [-0.05, 0) is 32.8 Å². The Morgan fingerprint density at radius 1 is 1.26 bits per heavy atom. The minimum atomic E-state index is -0.482. The molecule has 3 aromatic heterocycles. The molecule has 1 aliphatic rings. The third-order valence-corrected chi connectivity index (χ3v) is 6.10. The molecule has 8 nitrogen and oxygen atoms in total. The van der Waals surface area contributed by atoms with Crippen molar-refractivity contribution in [3.63, 3.8) is 0 Å². The zero-order valence-electron chi connectivity index (χ0n) is 17.8. The fourth-order valence-corrected chi connectivity index (χ4v) is 4.17. The standard InChI is InChI=1S/C23H26N6O2/c1-13(2)28-12-16(14-6-4-5-7-19(14)28)18-10-21(24-3)29-22(26-18)15(11-25-29)23(31)27-17-8-9-20(17)30/h4-7,10-13,17,20,24,30H,8-9H2,1-3H3,(H,27,31)/t17-,20-/m1/s1. The zero-order valence-corrected chi connectivity index (χ0v) is 17.8. The highest BCUT2D eigenvalue weighted by molar-refractivity contribution is 6.01. The molecule has 8 heteroatoms. The number of hydrogen-bond acceptors (Lipinski definition) is 5. The van der Waals surface area contributed by atoms with Crippen molar-refractivity contribution in [2.24, 2.45) is 0 Å². The van der Waals surface area contributed by atoms with Gasteiger partial charge in [-0.25, -0.2) is 4.98 Å². The van der Waals surface area contributed by atoms with Gasteiger partial charge in [0.2, 0.25) is 0 Å². The fraction of sp³-hybridized carbons (Fsp3) is 0.348. The summed E-state index contributed by atoms with van der Waals surface area (Å²) in [5.41, 5.74) is 3.79. The van der Waals surface area contributed by atoms with Crippen LogP contribution in [0.25, 0.3) is 27.8 Å². The maximum Gasteiger partial charge on any atom is 0.257 e. The van der Waals surface area contributed by atoms with E-state index in [0.717, 1.165) is 34.4 Å². The normalized spacial score (nSPS) is 18.5. The summed E-state index contributed by atoms with van der Waals surface area (Å²) in [6, 6.07) is 10.3. The van der Waals surface area contributed by atoms with Crippen molar-refractivity contribution in [1.82, 2.24) is 24.5 Å². The van der Waals surface area contributed by atoms with E-state index in [4.69, 9.17) is 4.98 Å². The average Bonchev–Trinajstić information content (AvgIpc) is 3.37. The van der Waals surface area contributed by atoms with Crippen LogP contribution in [0.1, 0.15) is 43.1 Å². The van der Waals surface area contributed by atoms with E-state index in [2.05, 4.69) is 52.5 Å². The topological polar surface area (TPSA) is 96.5 Å². The Balaban J connectivity index is 1.65. The molecule has 1 aromatic carbocycles. The Bertz CT molecular complexity index is 1290. The molecule has 3 heterocycles. The van der Waals surface area contributed by atoms with Crippen LogP contribution in [0.4, 0.5) is 5.82 Å². The number of carbonyl (C=O) groups is 1. The third-order valence-electron chi connectivity index (χ3n) is 6.10. The molecule has 2 atom stereocenters. The Labute approximate surface area is 179 Å². The van der Waals surface area contributed by atoms with Crippen LogP contribution >= 0.6 is 0 Å². The third kappa shape index (κ3) is 3.14. The molecule has 0 radical (unpaired) electrons. The van der Waals surface area contributed by atoms with Crippen molar-refractivity contribution in [3.05, 3.63) is 48.3 Å². The quantitative estimate of drug-likeness (QED) is 0.462. The van der Waals surface area contributed by atoms with E-state index in [1.54, 1.807) is 4.52 Å². The number of aliphatic hydroxyl groups excluding tert-OH is 1. The van der Waals surface area contributed by atoms with E-state index < -0.39 is 6.10 Å². The number of aromatic nitrogens is 4. The van der Waals surface area contributed by atoms with Crippen LogP contribution in [0.3, 0.4) is 0 Å². The molecule has 160 valence electrons. The van der Waals surface area contributed by atoms with E-state index in [1.165, 1.54) is 6.20 Å². The predicted molar refractivity (Wildman–Crippen MR) is 120 cm³/mol. The van der Waals surface area contributed by atoms with Crippen molar-refractivity contribution >= 4 is 28.3 Å². The van der Waals surface area contributed by atoms with E-state index in [9.17, 15) is 9.90 Å². The van der Waals surface area contributed by atoms with E-state index >= 15 is 0 Å². The number of hydrogen-bond donors (Lipinski definition) is 3. The fourth-order valence-electron chi connectivity index (χ4n) is 4.17. The number of carbonyl (C=O) groups excluding carboxylic acids is 1. The number of aliphatic hydroxyl groups is 1. The number of amides is 1. The van der Waals surface area contributed by atoms with Crippen LogP contribution in [0, 0.1) is 0 Å². The van der Waals surface area contributed by atoms with Crippen LogP contribution < -0.4 is 10.6 Å². The molecule has 31 heavy (non-hydrogen) atoms. The molecule has 1 aliphatic carbocycles. The summed E-state index contributed by atoms with van der Waals surface area (Å²) >= 11 is 0. The lowest BCUT2D eigenvalue weighted by atomic mass is 9.89. The van der Waals surface area contributed by atoms with Crippen LogP contribution in [0.5, 0.6) is 0 Å². The van der Waals surface area contributed by atoms with Crippen LogP contribution in [0.15, 0.2) is 42.7 Å². The Morgan fingerprint density at radius 2 is 2.06 bits per heavy atom. The van der Waals surface area contributed by atoms with Crippen molar-refractivity contribution in [1.29, 1.82) is 0 Å². The summed E-state index contributed by atoms with van der Waals surface area (Å²) in [4.78, 5) is 17.7. The van der Waals surface area contributed by atoms with Gasteiger partial charge in [-0.1, -0.05) is 18.2 Å². The highest BCUT2D eigenvalue weighted by atomic mass is 16.3. The van der Waals surface area contributed by atoms with Gasteiger partial charge in [-0.3, -0.25) is 4.79 Å². The first kappa shape index (κ1) is 19.6. The lowest BCUT2D eigenvalue weighted by Crippen LogP contribution is -2.50. The van der Waals surface area contributed by atoms with Gasteiger partial charge in [0.25, 0.3) is 5.91 Å². The van der Waals surface area contributed by atoms with Crippen LogP contribution in [-0.4, -0.2) is 49.4 Å². The number of fused-ring (bicyclic) bond motifs is 2. The van der Waals surface area contributed by atoms with Crippen molar-refractivity contribution in [2.75, 3.05) is 12.4 Å². The number of benzene rings is 1. The van der Waals surface area contributed by atoms with Gasteiger partial charge in [0.05, 0.1) is 24.0 Å². The van der Waals surface area contributed by atoms with Gasteiger partial charge in [0, 0.05) is 41.8 Å². The average molecular weight is 419 g/mol. The molecule has 0 spiro atoms. The van der Waals surface area contributed by atoms with Crippen molar-refractivity contribution in [2.45, 2.75) is 44.9 Å². The largest absolute Gasteiger partial charge is 0.391 e. The van der Waals surface area contributed by atoms with Gasteiger partial charge in [0.15, 0.2) is 5.65 Å². The summed E-state index contributed by atoms with van der Waals surface area (Å²) in [6.07, 6.45) is 4.66. The lowest BCUT2D eigenvalue weighted by molar-refractivity contribution is 0.0448. The minimum absolute atomic E-state index is 0.210. The summed E-state index contributed by atoms with van der Waals surface area (Å²) in [5.74, 6) is 0.471. The molecule has 0 bridgehead atoms. The Hall–Kier alpha value is -3.39. The molecular weight excluding hydrogens is 392 g/mol. The smallest absolute Gasteiger partial charge is 0.257 e. The minimum Gasteiger partial charge on any atom is -0.391 e. The molecule has 1 saturated carbocycles. The number of nitrogens with one attached hydrogen (secondary N) is 2. The zero-order chi connectivity index (χ0) is 21.7. The molecule has 5 rings (SSSR count). The Morgan fingerprint density at radius 3 is 2.74 bits per heavy atom. The molecule has 1 amide bonds. The molecule has 1 fully saturated rings. The first-order valence-corrected chi connectivity index (χ1v) is 10.6. The molecule has 0 aliphatic heterocycles. The highest BCUT2D eigenvalue weighted by Gasteiger charge is 2.31. The van der Waals surface area contributed by atoms with Gasteiger partial charge in [-0.2, -0.15) is 9.61 Å².